The zero-order valence-corrected chi connectivity index (χ0v) is 15.0. The summed E-state index contributed by atoms with van der Waals surface area (Å²) >= 11 is 1.61. The standard InChI is InChI=1S/C19H20N4OS/c1-21-9-11-22(12-10-21)19(24)16-14-23(15-6-3-2-4-7-15)20-18(16)17-8-5-13-25-17/h2-8,13-14H,9-12H2,1H3/p+1. The molecule has 0 bridgehead atoms. The molecule has 0 atom stereocenters. The second-order valence-corrected chi connectivity index (χ2v) is 7.35. The second kappa shape index (κ2) is 6.82. The molecule has 1 fully saturated rings. The van der Waals surface area contributed by atoms with Crippen molar-refractivity contribution in [3.63, 3.8) is 0 Å². The summed E-state index contributed by atoms with van der Waals surface area (Å²) in [6.45, 7) is 3.58. The highest BCUT2D eigenvalue weighted by Gasteiger charge is 2.27. The third-order valence-electron chi connectivity index (χ3n) is 4.62. The highest BCUT2D eigenvalue weighted by Crippen LogP contribution is 2.28. The number of benzene rings is 1. The van der Waals surface area contributed by atoms with Crippen LogP contribution < -0.4 is 4.90 Å². The van der Waals surface area contributed by atoms with Crippen molar-refractivity contribution in [2.24, 2.45) is 0 Å². The van der Waals surface area contributed by atoms with Crippen molar-refractivity contribution >= 4 is 17.2 Å². The van der Waals surface area contributed by atoms with Crippen molar-refractivity contribution in [1.29, 1.82) is 0 Å². The molecule has 0 unspecified atom stereocenters. The number of amides is 1. The van der Waals surface area contributed by atoms with Crippen molar-refractivity contribution in [2.45, 2.75) is 0 Å². The number of hydrogen-bond donors (Lipinski definition) is 1. The Morgan fingerprint density at radius 2 is 1.88 bits per heavy atom. The van der Waals surface area contributed by atoms with Gasteiger partial charge in [-0.1, -0.05) is 24.3 Å². The molecule has 1 aliphatic heterocycles. The maximum Gasteiger partial charge on any atom is 0.258 e. The number of carbonyl (C=O) groups excluding carboxylic acids is 1. The van der Waals surface area contributed by atoms with Crippen LogP contribution in [0.5, 0.6) is 0 Å². The largest absolute Gasteiger partial charge is 0.334 e. The monoisotopic (exact) mass is 353 g/mol. The molecule has 25 heavy (non-hydrogen) atoms. The van der Waals surface area contributed by atoms with Crippen LogP contribution in [0, 0.1) is 0 Å². The third kappa shape index (κ3) is 3.23. The summed E-state index contributed by atoms with van der Waals surface area (Å²) in [6.07, 6.45) is 1.87. The molecule has 5 nitrogen and oxygen atoms in total. The van der Waals surface area contributed by atoms with Crippen molar-refractivity contribution in [2.75, 3.05) is 33.2 Å². The van der Waals surface area contributed by atoms with Gasteiger partial charge in [-0.3, -0.25) is 4.79 Å². The third-order valence-corrected chi connectivity index (χ3v) is 5.50. The van der Waals surface area contributed by atoms with Crippen LogP contribution in [0.4, 0.5) is 0 Å². The first-order chi connectivity index (χ1) is 12.2. The number of quaternary nitrogens is 1. The van der Waals surface area contributed by atoms with E-state index in [9.17, 15) is 4.79 Å². The topological polar surface area (TPSA) is 42.6 Å². The molecule has 1 amide bonds. The van der Waals surface area contributed by atoms with Crippen molar-refractivity contribution < 1.29 is 9.69 Å². The number of piperazine rings is 1. The lowest BCUT2D eigenvalue weighted by Crippen LogP contribution is -3.12. The highest BCUT2D eigenvalue weighted by atomic mass is 32.1. The number of carbonyl (C=O) groups is 1. The average molecular weight is 353 g/mol. The number of nitrogens with one attached hydrogen (secondary N) is 1. The van der Waals surface area contributed by atoms with E-state index in [1.165, 1.54) is 4.90 Å². The molecular weight excluding hydrogens is 332 g/mol. The van der Waals surface area contributed by atoms with E-state index in [-0.39, 0.29) is 5.91 Å². The number of aromatic nitrogens is 2. The first kappa shape index (κ1) is 16.1. The predicted octanol–water partition coefficient (Wildman–Crippen LogP) is 1.57. The highest BCUT2D eigenvalue weighted by molar-refractivity contribution is 7.13. The molecule has 2 aromatic heterocycles. The first-order valence-electron chi connectivity index (χ1n) is 8.52. The zero-order chi connectivity index (χ0) is 17.2. The number of hydrogen-bond acceptors (Lipinski definition) is 3. The lowest BCUT2D eigenvalue weighted by Gasteiger charge is -2.29. The van der Waals surface area contributed by atoms with Crippen LogP contribution in [-0.2, 0) is 0 Å². The molecule has 4 rings (SSSR count). The van der Waals surface area contributed by atoms with Gasteiger partial charge >= 0.3 is 0 Å². The number of thiophene rings is 1. The van der Waals surface area contributed by atoms with Crippen molar-refractivity contribution in [3.05, 3.63) is 59.6 Å². The maximum atomic E-state index is 13.1. The Morgan fingerprint density at radius 1 is 1.12 bits per heavy atom. The SMILES string of the molecule is C[NH+]1CCN(C(=O)c2cn(-c3ccccc3)nc2-c2cccs2)CC1. The van der Waals surface area contributed by atoms with Crippen LogP contribution in [0.3, 0.4) is 0 Å². The lowest BCUT2D eigenvalue weighted by atomic mass is 10.2. The summed E-state index contributed by atoms with van der Waals surface area (Å²) in [4.78, 5) is 17.6. The second-order valence-electron chi connectivity index (χ2n) is 6.40. The molecule has 6 heteroatoms. The van der Waals surface area contributed by atoms with Gasteiger partial charge in [0.1, 0.15) is 5.69 Å². The van der Waals surface area contributed by atoms with E-state index in [1.54, 1.807) is 11.3 Å². The van der Waals surface area contributed by atoms with Gasteiger partial charge in [0.05, 0.1) is 49.4 Å². The van der Waals surface area contributed by atoms with Gasteiger partial charge in [0.15, 0.2) is 0 Å². The molecule has 3 aromatic rings. The van der Waals surface area contributed by atoms with Crippen LogP contribution in [0.15, 0.2) is 54.0 Å². The maximum absolute atomic E-state index is 13.1. The van der Waals surface area contributed by atoms with Gasteiger partial charge in [0.25, 0.3) is 5.91 Å². The van der Waals surface area contributed by atoms with E-state index in [2.05, 4.69) is 7.05 Å². The van der Waals surface area contributed by atoms with Gasteiger partial charge in [0.2, 0.25) is 0 Å². The molecule has 1 aromatic carbocycles. The molecule has 3 heterocycles. The Kier molecular flexibility index (Phi) is 4.38. The van der Waals surface area contributed by atoms with Crippen LogP contribution in [0.2, 0.25) is 0 Å². The number of para-hydroxylation sites is 1. The summed E-state index contributed by atoms with van der Waals surface area (Å²) in [7, 11) is 2.17. The zero-order valence-electron chi connectivity index (χ0n) is 14.2. The number of likely N-dealkylation sites (N-methyl/N-ethyl adjacent to an activating group) is 1. The quantitative estimate of drug-likeness (QED) is 0.777. The normalized spacial score (nSPS) is 15.5. The minimum Gasteiger partial charge on any atom is -0.334 e. The molecular formula is C19H21N4OS+. The van der Waals surface area contributed by atoms with Gasteiger partial charge in [0, 0.05) is 6.20 Å². The van der Waals surface area contributed by atoms with Gasteiger partial charge < -0.3 is 9.80 Å². The molecule has 1 saturated heterocycles. The van der Waals surface area contributed by atoms with Crippen molar-refractivity contribution in [3.8, 4) is 16.3 Å². The van der Waals surface area contributed by atoms with E-state index < -0.39 is 0 Å². The number of nitrogens with zero attached hydrogens (tertiary/aromatic N) is 3. The fourth-order valence-corrected chi connectivity index (χ4v) is 3.82. The predicted molar refractivity (Wildman–Crippen MR) is 99.4 cm³/mol. The van der Waals surface area contributed by atoms with E-state index in [0.29, 0.717) is 5.56 Å². The minimum atomic E-state index is 0.0816. The Hall–Kier alpha value is -2.44. The molecule has 0 spiro atoms. The van der Waals surface area contributed by atoms with Crippen LogP contribution >= 0.6 is 11.3 Å². The van der Waals surface area contributed by atoms with E-state index in [4.69, 9.17) is 5.10 Å². The molecule has 128 valence electrons. The molecule has 1 N–H and O–H groups in total. The summed E-state index contributed by atoms with van der Waals surface area (Å²) in [5.74, 6) is 0.0816. The molecule has 0 aliphatic carbocycles. The Morgan fingerprint density at radius 3 is 2.56 bits per heavy atom. The Balaban J connectivity index is 1.73. The Labute approximate surface area is 151 Å². The smallest absolute Gasteiger partial charge is 0.258 e. The van der Waals surface area contributed by atoms with Crippen molar-refractivity contribution in [1.82, 2.24) is 14.7 Å². The summed E-state index contributed by atoms with van der Waals surface area (Å²) in [6, 6.07) is 13.9. The summed E-state index contributed by atoms with van der Waals surface area (Å²) in [5.41, 5.74) is 2.42. The molecule has 1 aliphatic rings. The lowest BCUT2D eigenvalue weighted by molar-refractivity contribution is -0.883. The first-order valence-corrected chi connectivity index (χ1v) is 9.40. The van der Waals surface area contributed by atoms with Gasteiger partial charge in [-0.2, -0.15) is 5.10 Å². The van der Waals surface area contributed by atoms with Crippen LogP contribution in [-0.4, -0.2) is 53.8 Å². The molecule has 0 saturated carbocycles. The summed E-state index contributed by atoms with van der Waals surface area (Å²) in [5, 5.41) is 6.75. The van der Waals surface area contributed by atoms with Gasteiger partial charge in [-0.05, 0) is 23.6 Å². The van der Waals surface area contributed by atoms with Crippen LogP contribution in [0.1, 0.15) is 10.4 Å². The Bertz CT molecular complexity index is 849. The number of rotatable bonds is 3. The van der Waals surface area contributed by atoms with E-state index in [0.717, 1.165) is 42.4 Å². The minimum absolute atomic E-state index is 0.0816. The molecule has 0 radical (unpaired) electrons. The fraction of sp³-hybridized carbons (Fsp3) is 0.263. The van der Waals surface area contributed by atoms with E-state index in [1.807, 2.05) is 63.6 Å². The van der Waals surface area contributed by atoms with Gasteiger partial charge in [-0.25, -0.2) is 4.68 Å². The van der Waals surface area contributed by atoms with Crippen LogP contribution in [0.25, 0.3) is 16.3 Å². The van der Waals surface area contributed by atoms with E-state index >= 15 is 0 Å². The van der Waals surface area contributed by atoms with Gasteiger partial charge in [-0.15, -0.1) is 11.3 Å². The summed E-state index contributed by atoms with van der Waals surface area (Å²) < 4.78 is 1.81. The fourth-order valence-electron chi connectivity index (χ4n) is 3.10. The average Bonchev–Trinajstić information content (AvgIpc) is 3.32.